The van der Waals surface area contributed by atoms with Crippen molar-refractivity contribution in [2.45, 2.75) is 19.4 Å². The molecule has 0 atom stereocenters. The lowest BCUT2D eigenvalue weighted by Gasteiger charge is -2.27. The Labute approximate surface area is 136 Å². The van der Waals surface area contributed by atoms with Crippen molar-refractivity contribution in [3.63, 3.8) is 0 Å². The first-order valence-electron chi connectivity index (χ1n) is 7.83. The molecule has 0 radical (unpaired) electrons. The van der Waals surface area contributed by atoms with Gasteiger partial charge in [0.15, 0.2) is 0 Å². The summed E-state index contributed by atoms with van der Waals surface area (Å²) in [7, 11) is 0. The van der Waals surface area contributed by atoms with Crippen LogP contribution in [0.2, 0.25) is 0 Å². The summed E-state index contributed by atoms with van der Waals surface area (Å²) >= 11 is 0. The van der Waals surface area contributed by atoms with Gasteiger partial charge >= 0.3 is 0 Å². The number of carbonyl (C=O) groups excluding carboxylic acids is 1. The summed E-state index contributed by atoms with van der Waals surface area (Å²) in [6, 6.07) is 13.8. The van der Waals surface area contributed by atoms with Crippen molar-refractivity contribution in [2.24, 2.45) is 5.10 Å². The summed E-state index contributed by atoms with van der Waals surface area (Å²) in [5.74, 6) is -0.188. The van der Waals surface area contributed by atoms with E-state index < -0.39 is 0 Å². The second-order valence-corrected chi connectivity index (χ2v) is 5.62. The predicted octanol–water partition coefficient (Wildman–Crippen LogP) is 2.46. The van der Waals surface area contributed by atoms with Crippen molar-refractivity contribution >= 4 is 11.6 Å². The van der Waals surface area contributed by atoms with Crippen molar-refractivity contribution in [2.75, 3.05) is 13.1 Å². The molecule has 5 heteroatoms. The number of carbonyl (C=O) groups is 1. The summed E-state index contributed by atoms with van der Waals surface area (Å²) in [4.78, 5) is 18.3. The number of benzene rings is 1. The molecule has 3 rings (SSSR count). The number of pyridine rings is 1. The maximum atomic E-state index is 11.9. The quantitative estimate of drug-likeness (QED) is 0.883. The topological polar surface area (TPSA) is 57.6 Å². The van der Waals surface area contributed by atoms with Crippen LogP contribution in [0, 0.1) is 0 Å². The summed E-state index contributed by atoms with van der Waals surface area (Å²) in [5.41, 5.74) is 5.60. The maximum Gasteiger partial charge on any atom is 0.271 e. The van der Waals surface area contributed by atoms with Crippen molar-refractivity contribution in [1.82, 2.24) is 15.3 Å². The van der Waals surface area contributed by atoms with Gasteiger partial charge in [0.25, 0.3) is 5.91 Å². The Bertz CT molecular complexity index is 660. The van der Waals surface area contributed by atoms with Gasteiger partial charge in [-0.25, -0.2) is 5.43 Å². The van der Waals surface area contributed by atoms with Gasteiger partial charge in [0, 0.05) is 56.1 Å². The van der Waals surface area contributed by atoms with Crippen LogP contribution in [0.25, 0.3) is 0 Å². The van der Waals surface area contributed by atoms with Crippen molar-refractivity contribution < 1.29 is 4.79 Å². The summed E-state index contributed by atoms with van der Waals surface area (Å²) in [6.07, 6.45) is 4.99. The Morgan fingerprint density at radius 3 is 2.48 bits per heavy atom. The minimum absolute atomic E-state index is 0.188. The molecule has 0 bridgehead atoms. The van der Waals surface area contributed by atoms with Gasteiger partial charge in [0.2, 0.25) is 0 Å². The Morgan fingerprint density at radius 2 is 1.78 bits per heavy atom. The maximum absolute atomic E-state index is 11.9. The van der Waals surface area contributed by atoms with Gasteiger partial charge in [-0.3, -0.25) is 14.7 Å². The molecule has 23 heavy (non-hydrogen) atoms. The largest absolute Gasteiger partial charge is 0.298 e. The minimum Gasteiger partial charge on any atom is -0.298 e. The molecule has 1 aromatic heterocycles. The molecule has 1 aliphatic rings. The molecule has 1 aromatic carbocycles. The molecule has 1 aliphatic heterocycles. The van der Waals surface area contributed by atoms with Crippen LogP contribution in [0.5, 0.6) is 0 Å². The smallest absolute Gasteiger partial charge is 0.271 e. The standard InChI is InChI=1S/C18H20N4O/c23-18(16-6-10-19-11-7-16)21-20-17-8-12-22(13-9-17)14-15-4-2-1-3-5-15/h1-7,10-11H,8-9,12-14H2,(H,21,23). The van der Waals surface area contributed by atoms with Gasteiger partial charge in [-0.1, -0.05) is 30.3 Å². The van der Waals surface area contributed by atoms with Gasteiger partial charge in [0.05, 0.1) is 0 Å². The summed E-state index contributed by atoms with van der Waals surface area (Å²) in [5, 5.41) is 4.27. The average molecular weight is 308 g/mol. The van der Waals surface area contributed by atoms with Crippen molar-refractivity contribution in [3.05, 3.63) is 66.0 Å². The SMILES string of the molecule is O=C(NN=C1CCN(Cc2ccccc2)CC1)c1ccncc1. The van der Waals surface area contributed by atoms with E-state index in [4.69, 9.17) is 0 Å². The molecule has 1 amide bonds. The lowest BCUT2D eigenvalue weighted by atomic mass is 10.1. The van der Waals surface area contributed by atoms with E-state index in [1.807, 2.05) is 6.07 Å². The zero-order valence-corrected chi connectivity index (χ0v) is 13.0. The fourth-order valence-electron chi connectivity index (χ4n) is 2.62. The highest BCUT2D eigenvalue weighted by atomic mass is 16.2. The van der Waals surface area contributed by atoms with Crippen LogP contribution >= 0.6 is 0 Å². The lowest BCUT2D eigenvalue weighted by Crippen LogP contribution is -2.34. The summed E-state index contributed by atoms with van der Waals surface area (Å²) < 4.78 is 0. The fraction of sp³-hybridized carbons (Fsp3) is 0.278. The van der Waals surface area contributed by atoms with E-state index in [0.717, 1.165) is 38.2 Å². The number of likely N-dealkylation sites (tertiary alicyclic amines) is 1. The number of rotatable bonds is 4. The number of nitrogens with zero attached hydrogens (tertiary/aromatic N) is 3. The number of piperidine rings is 1. The van der Waals surface area contributed by atoms with Crippen LogP contribution in [0.4, 0.5) is 0 Å². The zero-order valence-electron chi connectivity index (χ0n) is 13.0. The Balaban J connectivity index is 1.48. The Hall–Kier alpha value is -2.53. The lowest BCUT2D eigenvalue weighted by molar-refractivity contribution is 0.0954. The normalized spacial score (nSPS) is 15.2. The zero-order chi connectivity index (χ0) is 15.9. The highest BCUT2D eigenvalue weighted by Gasteiger charge is 2.15. The van der Waals surface area contributed by atoms with Crippen LogP contribution in [0.15, 0.2) is 60.0 Å². The third kappa shape index (κ3) is 4.47. The van der Waals surface area contributed by atoms with Crippen LogP contribution in [-0.4, -0.2) is 34.6 Å². The van der Waals surface area contributed by atoms with Crippen LogP contribution in [0.1, 0.15) is 28.8 Å². The monoisotopic (exact) mass is 308 g/mol. The minimum atomic E-state index is -0.188. The van der Waals surface area contributed by atoms with E-state index in [-0.39, 0.29) is 5.91 Å². The molecular weight excluding hydrogens is 288 g/mol. The number of hydrogen-bond donors (Lipinski definition) is 1. The van der Waals surface area contributed by atoms with Gasteiger partial charge in [0.1, 0.15) is 0 Å². The molecule has 5 nitrogen and oxygen atoms in total. The Kier molecular flexibility index (Phi) is 5.11. The molecule has 0 spiro atoms. The average Bonchev–Trinajstić information content (AvgIpc) is 2.62. The van der Waals surface area contributed by atoms with E-state index >= 15 is 0 Å². The van der Waals surface area contributed by atoms with Crippen LogP contribution < -0.4 is 5.43 Å². The molecule has 118 valence electrons. The van der Waals surface area contributed by atoms with Gasteiger partial charge in [-0.15, -0.1) is 0 Å². The van der Waals surface area contributed by atoms with Gasteiger partial charge < -0.3 is 0 Å². The predicted molar refractivity (Wildman–Crippen MR) is 90.1 cm³/mol. The molecular formula is C18H20N4O. The molecule has 1 fully saturated rings. The Morgan fingerprint density at radius 1 is 1.09 bits per heavy atom. The molecule has 2 aromatic rings. The van der Waals surface area contributed by atoms with E-state index in [2.05, 4.69) is 44.7 Å². The molecule has 1 saturated heterocycles. The molecule has 1 N–H and O–H groups in total. The highest BCUT2D eigenvalue weighted by Crippen LogP contribution is 2.11. The number of amides is 1. The molecule has 2 heterocycles. The first kappa shape index (κ1) is 15.4. The number of aromatic nitrogens is 1. The third-order valence-corrected chi connectivity index (χ3v) is 3.94. The van der Waals surface area contributed by atoms with E-state index in [0.29, 0.717) is 5.56 Å². The van der Waals surface area contributed by atoms with Crippen LogP contribution in [-0.2, 0) is 6.54 Å². The van der Waals surface area contributed by atoms with E-state index in [1.165, 1.54) is 5.56 Å². The highest BCUT2D eigenvalue weighted by molar-refractivity contribution is 5.95. The number of nitrogens with one attached hydrogen (secondary N) is 1. The second-order valence-electron chi connectivity index (χ2n) is 5.62. The molecule has 0 saturated carbocycles. The fourth-order valence-corrected chi connectivity index (χ4v) is 2.62. The van der Waals surface area contributed by atoms with E-state index in [1.54, 1.807) is 24.5 Å². The molecule has 0 unspecified atom stereocenters. The number of hydrogen-bond acceptors (Lipinski definition) is 4. The van der Waals surface area contributed by atoms with Gasteiger partial charge in [-0.05, 0) is 17.7 Å². The molecule has 0 aliphatic carbocycles. The third-order valence-electron chi connectivity index (χ3n) is 3.94. The first-order chi connectivity index (χ1) is 11.3. The first-order valence-corrected chi connectivity index (χ1v) is 7.83. The van der Waals surface area contributed by atoms with Crippen molar-refractivity contribution in [1.29, 1.82) is 0 Å². The van der Waals surface area contributed by atoms with E-state index in [9.17, 15) is 4.79 Å². The van der Waals surface area contributed by atoms with Gasteiger partial charge in [-0.2, -0.15) is 5.10 Å². The second kappa shape index (κ2) is 7.65. The van der Waals surface area contributed by atoms with Crippen LogP contribution in [0.3, 0.4) is 0 Å². The summed E-state index contributed by atoms with van der Waals surface area (Å²) in [6.45, 7) is 2.91. The van der Waals surface area contributed by atoms with Crippen molar-refractivity contribution in [3.8, 4) is 0 Å². The number of hydrazone groups is 1.